The first-order valence-electron chi connectivity index (χ1n) is 16.6. The van der Waals surface area contributed by atoms with Crippen molar-refractivity contribution in [3.63, 3.8) is 0 Å². The van der Waals surface area contributed by atoms with Gasteiger partial charge in [-0.3, -0.25) is 9.69 Å². The minimum Gasteiger partial charge on any atom is -0.487 e. The van der Waals surface area contributed by atoms with Gasteiger partial charge in [-0.25, -0.2) is 19.3 Å². The third-order valence-corrected chi connectivity index (χ3v) is 13.6. The Kier molecular flexibility index (Phi) is 10.1. The van der Waals surface area contributed by atoms with Gasteiger partial charge in [-0.1, -0.05) is 51.1 Å². The number of ketones is 1. The Balaban J connectivity index is 2.03. The van der Waals surface area contributed by atoms with Crippen molar-refractivity contribution in [3.05, 3.63) is 53.1 Å². The number of rotatable bonds is 6. The molecule has 0 unspecified atom stereocenters. The van der Waals surface area contributed by atoms with Gasteiger partial charge < -0.3 is 23.4 Å². The van der Waals surface area contributed by atoms with Crippen LogP contribution < -0.4 is 14.5 Å². The SMILES string of the molecule is COC(=O)[C@@]1(C)C(=O)c2c3c(cc(OCc4ccccc4)c2N1C(=O)OC(C)(C)C)N(C(=O)OC(C)(C)C)C[C@@H](O[Si](C)(C)C(C)(C)C)C3. The molecule has 0 spiro atoms. The third kappa shape index (κ3) is 7.65. The predicted molar refractivity (Wildman–Crippen MR) is 190 cm³/mol. The lowest BCUT2D eigenvalue weighted by molar-refractivity contribution is -0.144. The van der Waals surface area contributed by atoms with Crippen molar-refractivity contribution in [1.29, 1.82) is 0 Å². The van der Waals surface area contributed by atoms with Crippen LogP contribution in [0.3, 0.4) is 0 Å². The lowest BCUT2D eigenvalue weighted by atomic mass is 9.88. The fraction of sp³-hybridized carbons (Fsp3) is 0.568. The molecule has 2 heterocycles. The van der Waals surface area contributed by atoms with Crippen LogP contribution in [0.5, 0.6) is 5.75 Å². The topological polar surface area (TPSA) is 121 Å². The van der Waals surface area contributed by atoms with Gasteiger partial charge >= 0.3 is 18.2 Å². The van der Waals surface area contributed by atoms with E-state index in [1.165, 1.54) is 11.8 Å². The maximum atomic E-state index is 14.8. The number of Topliss-reactive ketones (excluding diaryl/α,β-unsaturated/α-hetero) is 1. The molecule has 268 valence electrons. The molecular formula is C37H52N2O9Si. The van der Waals surface area contributed by atoms with Crippen molar-refractivity contribution in [1.82, 2.24) is 0 Å². The molecule has 4 rings (SSSR count). The van der Waals surface area contributed by atoms with Crippen LogP contribution in [0, 0.1) is 0 Å². The van der Waals surface area contributed by atoms with E-state index >= 15 is 0 Å². The summed E-state index contributed by atoms with van der Waals surface area (Å²) in [4.78, 5) is 58.9. The van der Waals surface area contributed by atoms with Gasteiger partial charge in [0.15, 0.2) is 8.32 Å². The summed E-state index contributed by atoms with van der Waals surface area (Å²) in [5.74, 6) is -1.52. The Morgan fingerprint density at radius 3 is 2.02 bits per heavy atom. The largest absolute Gasteiger partial charge is 0.487 e. The first kappa shape index (κ1) is 37.9. The highest BCUT2D eigenvalue weighted by atomic mass is 28.4. The Bertz CT molecular complexity index is 1620. The molecule has 49 heavy (non-hydrogen) atoms. The van der Waals surface area contributed by atoms with Crippen molar-refractivity contribution in [2.75, 3.05) is 23.5 Å². The van der Waals surface area contributed by atoms with Gasteiger partial charge in [0.1, 0.15) is 29.2 Å². The zero-order chi connectivity index (χ0) is 36.9. The molecule has 0 radical (unpaired) electrons. The van der Waals surface area contributed by atoms with Gasteiger partial charge in [0.2, 0.25) is 11.3 Å². The molecule has 2 aromatic rings. The van der Waals surface area contributed by atoms with Gasteiger partial charge in [-0.15, -0.1) is 0 Å². The number of hydrogen-bond donors (Lipinski definition) is 0. The van der Waals surface area contributed by atoms with E-state index in [9.17, 15) is 19.2 Å². The van der Waals surface area contributed by atoms with E-state index < -0.39 is 55.1 Å². The fourth-order valence-corrected chi connectivity index (χ4v) is 7.07. The van der Waals surface area contributed by atoms with E-state index in [-0.39, 0.29) is 41.6 Å². The Morgan fingerprint density at radius 2 is 1.49 bits per heavy atom. The zero-order valence-electron chi connectivity index (χ0n) is 31.2. The summed E-state index contributed by atoms with van der Waals surface area (Å²) in [6, 6.07) is 11.0. The normalized spacial score (nSPS) is 19.6. The molecule has 2 aromatic carbocycles. The third-order valence-electron chi connectivity index (χ3n) is 9.08. The van der Waals surface area contributed by atoms with Crippen LogP contribution in [0.4, 0.5) is 21.0 Å². The van der Waals surface area contributed by atoms with Crippen molar-refractivity contribution < 1.29 is 42.6 Å². The summed E-state index contributed by atoms with van der Waals surface area (Å²) in [6.07, 6.45) is -1.84. The molecule has 11 nitrogen and oxygen atoms in total. The Morgan fingerprint density at radius 1 is 0.918 bits per heavy atom. The van der Waals surface area contributed by atoms with E-state index in [0.717, 1.165) is 17.6 Å². The van der Waals surface area contributed by atoms with E-state index in [2.05, 4.69) is 33.9 Å². The lowest BCUT2D eigenvalue weighted by Crippen LogP contribution is -2.58. The van der Waals surface area contributed by atoms with Crippen molar-refractivity contribution in [2.24, 2.45) is 0 Å². The highest BCUT2D eigenvalue weighted by Gasteiger charge is 2.61. The summed E-state index contributed by atoms with van der Waals surface area (Å²) in [6.45, 7) is 22.6. The number of anilines is 2. The standard InChI is InChI=1S/C37H52N2O9Si/c1-34(2,3)46-32(42)38-21-24(48-49(12,13)36(7,8)9)19-25-26(38)20-27(45-22-23-17-15-14-16-18-23)29-28(25)30(40)37(10,31(41)44-11)39(29)33(43)47-35(4,5)6/h14-18,20,24H,19,21-22H2,1-13H3/t24-,37+/m0/s1. The number of benzene rings is 2. The quantitative estimate of drug-likeness (QED) is 0.129. The molecule has 2 aliphatic heterocycles. The fourth-order valence-electron chi connectivity index (χ4n) is 5.72. The van der Waals surface area contributed by atoms with Crippen LogP contribution in [-0.4, -0.2) is 68.8 Å². The molecule has 12 heteroatoms. The number of methoxy groups -OCH3 is 1. The smallest absolute Gasteiger partial charge is 0.416 e. The summed E-state index contributed by atoms with van der Waals surface area (Å²) in [5, 5.41) is -0.145. The molecule has 0 aromatic heterocycles. The number of carbonyl (C=O) groups is 4. The number of esters is 1. The van der Waals surface area contributed by atoms with Crippen LogP contribution in [-0.2, 0) is 36.5 Å². The zero-order valence-corrected chi connectivity index (χ0v) is 32.2. The number of fused-ring (bicyclic) bond motifs is 3. The van der Waals surface area contributed by atoms with Gasteiger partial charge in [0, 0.05) is 12.5 Å². The van der Waals surface area contributed by atoms with Crippen LogP contribution in [0.25, 0.3) is 0 Å². The number of hydrogen-bond acceptors (Lipinski definition) is 9. The van der Waals surface area contributed by atoms with Crippen molar-refractivity contribution in [3.8, 4) is 5.75 Å². The Hall–Kier alpha value is -3.90. The van der Waals surface area contributed by atoms with Crippen LogP contribution in [0.15, 0.2) is 36.4 Å². The molecule has 0 bridgehead atoms. The first-order chi connectivity index (χ1) is 22.4. The number of ether oxygens (including phenoxy) is 4. The molecule has 2 aliphatic rings. The van der Waals surface area contributed by atoms with E-state index in [4.69, 9.17) is 23.4 Å². The molecule has 0 fully saturated rings. The molecule has 2 atom stereocenters. The summed E-state index contributed by atoms with van der Waals surface area (Å²) >= 11 is 0. The second kappa shape index (κ2) is 13.1. The maximum Gasteiger partial charge on any atom is 0.416 e. The summed E-state index contributed by atoms with van der Waals surface area (Å²) in [5.41, 5.74) is -2.15. The van der Waals surface area contributed by atoms with Crippen LogP contribution in [0.2, 0.25) is 18.1 Å². The second-order valence-electron chi connectivity index (χ2n) is 16.4. The minimum atomic E-state index is -2.39. The van der Waals surface area contributed by atoms with Gasteiger partial charge in [-0.2, -0.15) is 0 Å². The second-order valence-corrected chi connectivity index (χ2v) is 21.1. The summed E-state index contributed by atoms with van der Waals surface area (Å²) < 4.78 is 30.0. The highest BCUT2D eigenvalue weighted by Crippen LogP contribution is 2.52. The van der Waals surface area contributed by atoms with E-state index in [1.807, 2.05) is 30.3 Å². The van der Waals surface area contributed by atoms with E-state index in [1.54, 1.807) is 47.6 Å². The molecule has 0 saturated carbocycles. The average Bonchev–Trinajstić information content (AvgIpc) is 3.21. The molecule has 0 aliphatic carbocycles. The van der Waals surface area contributed by atoms with Crippen molar-refractivity contribution >= 4 is 43.6 Å². The lowest BCUT2D eigenvalue weighted by Gasteiger charge is -2.43. The highest BCUT2D eigenvalue weighted by molar-refractivity contribution is 6.74. The monoisotopic (exact) mass is 696 g/mol. The predicted octanol–water partition coefficient (Wildman–Crippen LogP) is 7.82. The van der Waals surface area contributed by atoms with Crippen LogP contribution >= 0.6 is 0 Å². The minimum absolute atomic E-state index is 0.0661. The molecular weight excluding hydrogens is 644 g/mol. The van der Waals surface area contributed by atoms with E-state index in [0.29, 0.717) is 11.3 Å². The first-order valence-corrected chi connectivity index (χ1v) is 19.5. The maximum absolute atomic E-state index is 14.8. The Labute approximate surface area is 291 Å². The number of carbonyl (C=O) groups excluding carboxylic acids is 4. The van der Waals surface area contributed by atoms with Crippen molar-refractivity contribution in [2.45, 2.75) is 123 Å². The van der Waals surface area contributed by atoms with Gasteiger partial charge in [0.05, 0.1) is 31.0 Å². The van der Waals surface area contributed by atoms with Gasteiger partial charge in [0.25, 0.3) is 0 Å². The number of nitrogens with zero attached hydrogens (tertiary/aromatic N) is 2. The van der Waals surface area contributed by atoms with Crippen LogP contribution in [0.1, 0.15) is 90.7 Å². The molecule has 0 saturated heterocycles. The van der Waals surface area contributed by atoms with Gasteiger partial charge in [-0.05, 0) is 77.7 Å². The average molecular weight is 697 g/mol. The number of amides is 2. The molecule has 0 N–H and O–H groups in total. The summed E-state index contributed by atoms with van der Waals surface area (Å²) in [7, 11) is -1.23. The molecule has 2 amide bonds.